The minimum Gasteiger partial charge on any atom is -0.341 e. The Balaban J connectivity index is 1.30. The lowest BCUT2D eigenvalue weighted by molar-refractivity contribution is -0.133. The van der Waals surface area contributed by atoms with Gasteiger partial charge in [0, 0.05) is 37.1 Å². The van der Waals surface area contributed by atoms with E-state index in [1.807, 2.05) is 30.9 Å². The normalized spacial score (nSPS) is 20.5. The predicted octanol–water partition coefficient (Wildman–Crippen LogP) is 2.77. The van der Waals surface area contributed by atoms with Crippen molar-refractivity contribution in [3.05, 3.63) is 48.0 Å². The van der Waals surface area contributed by atoms with Crippen molar-refractivity contribution < 1.29 is 9.59 Å². The smallest absolute Gasteiger partial charge is 0.242 e. The van der Waals surface area contributed by atoms with Gasteiger partial charge < -0.3 is 14.8 Å². The predicted molar refractivity (Wildman–Crippen MR) is 103 cm³/mol. The molecule has 1 spiro atoms. The molecule has 2 aromatic rings. The number of carbonyl (C=O) groups is 2. The summed E-state index contributed by atoms with van der Waals surface area (Å²) in [6, 6.07) is 6.12. The lowest BCUT2D eigenvalue weighted by atomic mass is 9.90. The fraction of sp³-hybridized carbons (Fsp3) is 0.476. The molecule has 1 saturated carbocycles. The van der Waals surface area contributed by atoms with E-state index in [0.717, 1.165) is 49.2 Å². The maximum Gasteiger partial charge on any atom is 0.242 e. The van der Waals surface area contributed by atoms with Crippen LogP contribution in [0.15, 0.2) is 36.9 Å². The second-order valence-corrected chi connectivity index (χ2v) is 8.10. The van der Waals surface area contributed by atoms with Crippen LogP contribution in [0.2, 0.25) is 0 Å². The van der Waals surface area contributed by atoms with Gasteiger partial charge in [0.15, 0.2) is 0 Å². The zero-order valence-electron chi connectivity index (χ0n) is 15.9. The molecule has 2 amide bonds. The number of benzene rings is 1. The Hall–Kier alpha value is -2.63. The Bertz CT molecular complexity index is 831. The van der Waals surface area contributed by atoms with Gasteiger partial charge in [0.1, 0.15) is 6.54 Å². The Morgan fingerprint density at radius 1 is 1.19 bits per heavy atom. The first-order valence-electron chi connectivity index (χ1n) is 9.58. The molecule has 4 rings (SSSR count). The number of likely N-dealkylation sites (tertiary alicyclic amines) is 1. The van der Waals surface area contributed by atoms with E-state index < -0.39 is 0 Å². The molecule has 1 N–H and O–H groups in total. The highest BCUT2D eigenvalue weighted by molar-refractivity contribution is 5.95. The average Bonchev–Trinajstić information content (AvgIpc) is 3.06. The van der Waals surface area contributed by atoms with Crippen molar-refractivity contribution in [2.45, 2.75) is 39.7 Å². The SMILES string of the molecule is Cc1cc(C)cc(NC(=O)C2CC23CCN(C(=O)Cn2ccnc2)CC3)c1. The molecule has 1 aliphatic carbocycles. The number of carbonyl (C=O) groups excluding carboxylic acids is 2. The van der Waals surface area contributed by atoms with Crippen molar-refractivity contribution in [2.75, 3.05) is 18.4 Å². The van der Waals surface area contributed by atoms with E-state index in [1.165, 1.54) is 0 Å². The Kier molecular flexibility index (Phi) is 4.50. The van der Waals surface area contributed by atoms with Crippen molar-refractivity contribution in [1.29, 1.82) is 0 Å². The van der Waals surface area contributed by atoms with Crippen LogP contribution in [0.4, 0.5) is 5.69 Å². The second-order valence-electron chi connectivity index (χ2n) is 8.10. The molecule has 0 bridgehead atoms. The van der Waals surface area contributed by atoms with Gasteiger partial charge in [-0.3, -0.25) is 9.59 Å². The minimum atomic E-state index is 0.0734. The van der Waals surface area contributed by atoms with Crippen molar-refractivity contribution in [1.82, 2.24) is 14.5 Å². The molecule has 2 fully saturated rings. The summed E-state index contributed by atoms with van der Waals surface area (Å²) in [7, 11) is 0. The Morgan fingerprint density at radius 3 is 2.52 bits per heavy atom. The highest BCUT2D eigenvalue weighted by Gasteiger charge is 2.58. The summed E-state index contributed by atoms with van der Waals surface area (Å²) in [5.41, 5.74) is 3.28. The molecule has 2 heterocycles. The molecule has 1 atom stereocenters. The molecule has 6 heteroatoms. The fourth-order valence-electron chi connectivity index (χ4n) is 4.39. The number of hydrogen-bond acceptors (Lipinski definition) is 3. The number of hydrogen-bond donors (Lipinski definition) is 1. The van der Waals surface area contributed by atoms with Crippen molar-refractivity contribution in [3.8, 4) is 0 Å². The number of imidazole rings is 1. The Labute approximate surface area is 159 Å². The summed E-state index contributed by atoms with van der Waals surface area (Å²) < 4.78 is 1.80. The highest BCUT2D eigenvalue weighted by Crippen LogP contribution is 2.59. The molecule has 2 aliphatic rings. The molecule has 0 radical (unpaired) electrons. The zero-order chi connectivity index (χ0) is 19.0. The monoisotopic (exact) mass is 366 g/mol. The van der Waals surface area contributed by atoms with E-state index in [1.54, 1.807) is 23.3 Å². The highest BCUT2D eigenvalue weighted by atomic mass is 16.2. The molecule has 1 aromatic heterocycles. The van der Waals surface area contributed by atoms with E-state index in [9.17, 15) is 9.59 Å². The van der Waals surface area contributed by atoms with Gasteiger partial charge in [-0.05, 0) is 61.8 Å². The van der Waals surface area contributed by atoms with E-state index in [-0.39, 0.29) is 23.1 Å². The topological polar surface area (TPSA) is 67.2 Å². The number of nitrogens with zero attached hydrogens (tertiary/aromatic N) is 3. The van der Waals surface area contributed by atoms with Crippen LogP contribution in [0.25, 0.3) is 0 Å². The average molecular weight is 366 g/mol. The Morgan fingerprint density at radius 2 is 1.89 bits per heavy atom. The van der Waals surface area contributed by atoms with Crippen molar-refractivity contribution >= 4 is 17.5 Å². The summed E-state index contributed by atoms with van der Waals surface area (Å²) in [5.74, 6) is 0.321. The summed E-state index contributed by atoms with van der Waals surface area (Å²) in [4.78, 5) is 31.0. The maximum atomic E-state index is 12.7. The molecule has 27 heavy (non-hydrogen) atoms. The lowest BCUT2D eigenvalue weighted by Crippen LogP contribution is -2.41. The van der Waals surface area contributed by atoms with Gasteiger partial charge in [0.2, 0.25) is 11.8 Å². The lowest BCUT2D eigenvalue weighted by Gasteiger charge is -2.33. The molecule has 1 unspecified atom stereocenters. The van der Waals surface area contributed by atoms with Crippen LogP contribution in [0.3, 0.4) is 0 Å². The second kappa shape index (κ2) is 6.83. The van der Waals surface area contributed by atoms with Gasteiger partial charge in [-0.15, -0.1) is 0 Å². The number of nitrogens with one attached hydrogen (secondary N) is 1. The van der Waals surface area contributed by atoms with Crippen LogP contribution in [-0.4, -0.2) is 39.4 Å². The van der Waals surface area contributed by atoms with Gasteiger partial charge in [-0.2, -0.15) is 0 Å². The number of aromatic nitrogens is 2. The largest absolute Gasteiger partial charge is 0.341 e. The number of anilines is 1. The third kappa shape index (κ3) is 3.75. The van der Waals surface area contributed by atoms with E-state index in [2.05, 4.69) is 16.4 Å². The molecule has 1 saturated heterocycles. The minimum absolute atomic E-state index is 0.0734. The fourth-order valence-corrected chi connectivity index (χ4v) is 4.39. The molecule has 142 valence electrons. The van der Waals surface area contributed by atoms with E-state index in [4.69, 9.17) is 0 Å². The first-order chi connectivity index (χ1) is 12.9. The van der Waals surface area contributed by atoms with Crippen molar-refractivity contribution in [3.63, 3.8) is 0 Å². The third-order valence-corrected chi connectivity index (χ3v) is 5.98. The molecular formula is C21H26N4O2. The van der Waals surface area contributed by atoms with Gasteiger partial charge in [-0.25, -0.2) is 4.98 Å². The molecule has 1 aliphatic heterocycles. The van der Waals surface area contributed by atoms with Gasteiger partial charge in [0.05, 0.1) is 6.33 Å². The number of aryl methyl sites for hydroxylation is 2. The van der Waals surface area contributed by atoms with Crippen molar-refractivity contribution in [2.24, 2.45) is 11.3 Å². The van der Waals surface area contributed by atoms with E-state index >= 15 is 0 Å². The van der Waals surface area contributed by atoms with Crippen LogP contribution >= 0.6 is 0 Å². The van der Waals surface area contributed by atoms with Crippen LogP contribution in [0.1, 0.15) is 30.4 Å². The summed E-state index contributed by atoms with van der Waals surface area (Å²) in [5, 5.41) is 3.09. The number of piperidine rings is 1. The standard InChI is InChI=1S/C21H26N4O2/c1-15-9-16(2)11-17(10-15)23-20(27)18-12-21(18)3-6-25(7-4-21)19(26)13-24-8-5-22-14-24/h5,8-11,14,18H,3-4,6-7,12-13H2,1-2H3,(H,23,27). The zero-order valence-corrected chi connectivity index (χ0v) is 15.9. The number of rotatable bonds is 4. The summed E-state index contributed by atoms with van der Waals surface area (Å²) >= 11 is 0. The van der Waals surface area contributed by atoms with Crippen LogP contribution in [0, 0.1) is 25.2 Å². The number of amides is 2. The van der Waals surface area contributed by atoms with Gasteiger partial charge >= 0.3 is 0 Å². The molecule has 6 nitrogen and oxygen atoms in total. The first kappa shape index (κ1) is 17.8. The third-order valence-electron chi connectivity index (χ3n) is 5.98. The molecule has 1 aromatic carbocycles. The quantitative estimate of drug-likeness (QED) is 0.905. The summed E-state index contributed by atoms with van der Waals surface area (Å²) in [6.45, 7) is 5.89. The van der Waals surface area contributed by atoms with Crippen LogP contribution in [-0.2, 0) is 16.1 Å². The van der Waals surface area contributed by atoms with E-state index in [0.29, 0.717) is 6.54 Å². The van der Waals surface area contributed by atoms with Gasteiger partial charge in [0.25, 0.3) is 0 Å². The van der Waals surface area contributed by atoms with Crippen LogP contribution in [0.5, 0.6) is 0 Å². The maximum absolute atomic E-state index is 12.7. The first-order valence-corrected chi connectivity index (χ1v) is 9.58. The van der Waals surface area contributed by atoms with Crippen LogP contribution < -0.4 is 5.32 Å². The van der Waals surface area contributed by atoms with Gasteiger partial charge in [-0.1, -0.05) is 6.07 Å². The molecular weight excluding hydrogens is 340 g/mol. The summed E-state index contributed by atoms with van der Waals surface area (Å²) in [6.07, 6.45) is 7.91.